The third-order valence-corrected chi connectivity index (χ3v) is 3.90. The number of hydrogen-bond donors (Lipinski definition) is 1. The van der Waals surface area contributed by atoms with Crippen LogP contribution in [-0.4, -0.2) is 15.2 Å². The molecule has 0 fully saturated rings. The van der Waals surface area contributed by atoms with Gasteiger partial charge in [-0.15, -0.1) is 0 Å². The van der Waals surface area contributed by atoms with Gasteiger partial charge in [-0.25, -0.2) is 4.98 Å². The van der Waals surface area contributed by atoms with Crippen molar-refractivity contribution in [2.24, 2.45) is 0 Å². The number of nitrogens with one attached hydrogen (secondary N) is 1. The lowest BCUT2D eigenvalue weighted by Crippen LogP contribution is -2.22. The van der Waals surface area contributed by atoms with E-state index in [1.54, 1.807) is 0 Å². The molecule has 0 amide bonds. The predicted molar refractivity (Wildman–Crippen MR) is 67.9 cm³/mol. The molecule has 0 saturated carbocycles. The minimum atomic E-state index is 0.0871. The van der Waals surface area contributed by atoms with Crippen LogP contribution in [0, 0.1) is 0 Å². The van der Waals surface area contributed by atoms with Crippen molar-refractivity contribution in [1.82, 2.24) is 9.97 Å². The van der Waals surface area contributed by atoms with E-state index in [4.69, 9.17) is 0 Å². The fraction of sp³-hybridized carbons (Fsp3) is 0.667. The topological polar surface area (TPSA) is 45.8 Å². The van der Waals surface area contributed by atoms with Crippen molar-refractivity contribution >= 4 is 11.8 Å². The smallest absolute Gasteiger partial charge is 0.254 e. The second-order valence-electron chi connectivity index (χ2n) is 4.50. The van der Waals surface area contributed by atoms with Gasteiger partial charge in [0.2, 0.25) is 0 Å². The Bertz CT molecular complexity index is 426. The molecule has 1 aliphatic rings. The Balaban J connectivity index is 2.22. The molecule has 1 N–H and O–H groups in total. The summed E-state index contributed by atoms with van der Waals surface area (Å²) >= 11 is 1.81. The molecule has 3 nitrogen and oxygen atoms in total. The Labute approximate surface area is 100 Å². The van der Waals surface area contributed by atoms with Gasteiger partial charge in [-0.1, -0.05) is 13.8 Å². The zero-order valence-corrected chi connectivity index (χ0v) is 10.7. The molecule has 1 aromatic rings. The van der Waals surface area contributed by atoms with Crippen molar-refractivity contribution in [1.29, 1.82) is 0 Å². The maximum Gasteiger partial charge on any atom is 0.254 e. The number of H-pyrrole nitrogens is 1. The van der Waals surface area contributed by atoms with Gasteiger partial charge in [-0.3, -0.25) is 4.79 Å². The van der Waals surface area contributed by atoms with Crippen molar-refractivity contribution in [2.75, 3.05) is 0 Å². The molecule has 16 heavy (non-hydrogen) atoms. The van der Waals surface area contributed by atoms with Crippen LogP contribution in [0.4, 0.5) is 0 Å². The quantitative estimate of drug-likeness (QED) is 0.878. The van der Waals surface area contributed by atoms with E-state index in [0.29, 0.717) is 5.25 Å². The fourth-order valence-electron chi connectivity index (χ4n) is 1.97. The van der Waals surface area contributed by atoms with E-state index >= 15 is 0 Å². The molecule has 0 saturated heterocycles. The standard InChI is InChI=1S/C12H18N2OS/c1-8(2)16-7-11-13-10-6-4-3-5-9(10)12(15)14-11/h8H,3-7H2,1-2H3,(H,13,14,15). The highest BCUT2D eigenvalue weighted by Gasteiger charge is 2.15. The lowest BCUT2D eigenvalue weighted by atomic mass is 9.97. The molecule has 0 aromatic carbocycles. The Morgan fingerprint density at radius 2 is 2.12 bits per heavy atom. The highest BCUT2D eigenvalue weighted by atomic mass is 32.2. The summed E-state index contributed by atoms with van der Waals surface area (Å²) in [5.74, 6) is 1.64. The maximum absolute atomic E-state index is 11.8. The van der Waals surface area contributed by atoms with Gasteiger partial charge >= 0.3 is 0 Å². The summed E-state index contributed by atoms with van der Waals surface area (Å²) in [5, 5.41) is 0.571. The molecule has 88 valence electrons. The zero-order valence-electron chi connectivity index (χ0n) is 9.88. The molecule has 0 bridgehead atoms. The summed E-state index contributed by atoms with van der Waals surface area (Å²) in [7, 11) is 0. The molecule has 1 aliphatic carbocycles. The van der Waals surface area contributed by atoms with Crippen LogP contribution in [-0.2, 0) is 18.6 Å². The number of nitrogens with zero attached hydrogens (tertiary/aromatic N) is 1. The Morgan fingerprint density at radius 3 is 2.88 bits per heavy atom. The normalized spacial score (nSPS) is 15.2. The van der Waals surface area contributed by atoms with Crippen LogP contribution in [0.1, 0.15) is 43.8 Å². The number of thioether (sulfide) groups is 1. The molecular formula is C12H18N2OS. The van der Waals surface area contributed by atoms with E-state index in [2.05, 4.69) is 23.8 Å². The predicted octanol–water partition coefficient (Wildman–Crippen LogP) is 2.29. The van der Waals surface area contributed by atoms with E-state index in [1.807, 2.05) is 11.8 Å². The lowest BCUT2D eigenvalue weighted by Gasteiger charge is -2.14. The van der Waals surface area contributed by atoms with Gasteiger partial charge in [0.05, 0.1) is 11.4 Å². The van der Waals surface area contributed by atoms with E-state index in [9.17, 15) is 4.79 Å². The number of rotatable bonds is 3. The van der Waals surface area contributed by atoms with E-state index < -0.39 is 0 Å². The number of fused-ring (bicyclic) bond motifs is 1. The molecule has 2 rings (SSSR count). The third-order valence-electron chi connectivity index (χ3n) is 2.79. The molecule has 0 spiro atoms. The largest absolute Gasteiger partial charge is 0.310 e. The Hall–Kier alpha value is -0.770. The number of hydrogen-bond acceptors (Lipinski definition) is 3. The molecule has 0 atom stereocenters. The van der Waals surface area contributed by atoms with Crippen molar-refractivity contribution in [3.63, 3.8) is 0 Å². The van der Waals surface area contributed by atoms with Crippen molar-refractivity contribution in [2.45, 2.75) is 50.5 Å². The highest BCUT2D eigenvalue weighted by molar-refractivity contribution is 7.99. The summed E-state index contributed by atoms with van der Waals surface area (Å²) in [4.78, 5) is 19.3. The van der Waals surface area contributed by atoms with Gasteiger partial charge in [-0.2, -0.15) is 11.8 Å². The first-order chi connectivity index (χ1) is 7.66. The molecule has 0 aliphatic heterocycles. The van der Waals surface area contributed by atoms with Gasteiger partial charge < -0.3 is 4.98 Å². The summed E-state index contributed by atoms with van der Waals surface area (Å²) in [6.07, 6.45) is 4.16. The van der Waals surface area contributed by atoms with E-state index in [1.165, 1.54) is 6.42 Å². The zero-order chi connectivity index (χ0) is 11.5. The number of aromatic nitrogens is 2. The Kier molecular flexibility index (Phi) is 3.69. The minimum Gasteiger partial charge on any atom is -0.310 e. The second kappa shape index (κ2) is 5.04. The van der Waals surface area contributed by atoms with Gasteiger partial charge in [-0.05, 0) is 30.9 Å². The summed E-state index contributed by atoms with van der Waals surface area (Å²) < 4.78 is 0. The molecule has 4 heteroatoms. The van der Waals surface area contributed by atoms with Crippen molar-refractivity contribution in [3.05, 3.63) is 27.4 Å². The van der Waals surface area contributed by atoms with Crippen LogP contribution in [0.2, 0.25) is 0 Å². The molecule has 0 unspecified atom stereocenters. The van der Waals surface area contributed by atoms with Gasteiger partial charge in [0, 0.05) is 5.56 Å². The number of aryl methyl sites for hydroxylation is 1. The number of aromatic amines is 1. The summed E-state index contributed by atoms with van der Waals surface area (Å²) in [5.41, 5.74) is 2.04. The first-order valence-corrected chi connectivity index (χ1v) is 6.94. The monoisotopic (exact) mass is 238 g/mol. The van der Waals surface area contributed by atoms with Crippen LogP contribution in [0.25, 0.3) is 0 Å². The van der Waals surface area contributed by atoms with Crippen molar-refractivity contribution < 1.29 is 0 Å². The second-order valence-corrected chi connectivity index (χ2v) is 6.07. The fourth-order valence-corrected chi connectivity index (χ4v) is 2.60. The Morgan fingerprint density at radius 1 is 1.38 bits per heavy atom. The summed E-state index contributed by atoms with van der Waals surface area (Å²) in [6, 6.07) is 0. The summed E-state index contributed by atoms with van der Waals surface area (Å²) in [6.45, 7) is 4.31. The first-order valence-electron chi connectivity index (χ1n) is 5.89. The van der Waals surface area contributed by atoms with Crippen LogP contribution in [0.5, 0.6) is 0 Å². The first kappa shape index (κ1) is 11.7. The maximum atomic E-state index is 11.8. The van der Waals surface area contributed by atoms with Crippen LogP contribution in [0.15, 0.2) is 4.79 Å². The van der Waals surface area contributed by atoms with E-state index in [-0.39, 0.29) is 5.56 Å². The molecule has 1 aromatic heterocycles. The van der Waals surface area contributed by atoms with Gasteiger partial charge in [0.25, 0.3) is 5.56 Å². The molecule has 0 radical (unpaired) electrons. The average Bonchev–Trinajstić information content (AvgIpc) is 2.26. The van der Waals surface area contributed by atoms with E-state index in [0.717, 1.165) is 42.1 Å². The molecular weight excluding hydrogens is 220 g/mol. The van der Waals surface area contributed by atoms with Gasteiger partial charge in [0.1, 0.15) is 5.82 Å². The molecule has 1 heterocycles. The average molecular weight is 238 g/mol. The lowest BCUT2D eigenvalue weighted by molar-refractivity contribution is 0.650. The SMILES string of the molecule is CC(C)SCc1nc2c(c(=O)[nH]1)CCCC2. The van der Waals surface area contributed by atoms with Crippen LogP contribution < -0.4 is 5.56 Å². The van der Waals surface area contributed by atoms with Crippen LogP contribution >= 0.6 is 11.8 Å². The van der Waals surface area contributed by atoms with Crippen LogP contribution in [0.3, 0.4) is 0 Å². The highest BCUT2D eigenvalue weighted by Crippen LogP contribution is 2.18. The van der Waals surface area contributed by atoms with Crippen molar-refractivity contribution in [3.8, 4) is 0 Å². The van der Waals surface area contributed by atoms with Gasteiger partial charge in [0.15, 0.2) is 0 Å². The minimum absolute atomic E-state index is 0.0871. The third kappa shape index (κ3) is 2.67.